The summed E-state index contributed by atoms with van der Waals surface area (Å²) < 4.78 is 0. The van der Waals surface area contributed by atoms with Crippen LogP contribution in [0.2, 0.25) is 0 Å². The molecule has 1 atom stereocenters. The molecule has 1 nitrogen and oxygen atoms in total. The molecule has 15 heavy (non-hydrogen) atoms. The molecule has 1 aliphatic heterocycles. The number of nitrogens with one attached hydrogen (secondary N) is 1. The highest BCUT2D eigenvalue weighted by Crippen LogP contribution is 2.58. The Morgan fingerprint density at radius 2 is 1.73 bits per heavy atom. The molecule has 0 radical (unpaired) electrons. The number of hydrogen-bond donors (Lipinski definition) is 1. The summed E-state index contributed by atoms with van der Waals surface area (Å²) in [7, 11) is -1.31. The highest BCUT2D eigenvalue weighted by atomic mass is 31.2. The molecule has 0 amide bonds. The van der Waals surface area contributed by atoms with Gasteiger partial charge in [-0.2, -0.15) is 0 Å². The monoisotopic (exact) mass is 218 g/mol. The first-order valence-electron chi connectivity index (χ1n) is 5.18. The van der Waals surface area contributed by atoms with E-state index in [1.165, 1.54) is 16.2 Å². The predicted octanol–water partition coefficient (Wildman–Crippen LogP) is 3.29. The summed E-state index contributed by atoms with van der Waals surface area (Å²) in [6.45, 7) is 6.69. The van der Waals surface area contributed by atoms with Gasteiger partial charge in [0.25, 0.3) is 0 Å². The van der Waals surface area contributed by atoms with Gasteiger partial charge in [0.05, 0.1) is 12.0 Å². The van der Waals surface area contributed by atoms with E-state index in [1.807, 2.05) is 0 Å². The normalized spacial score (nSPS) is 25.3. The van der Waals surface area contributed by atoms with Gasteiger partial charge in [0.15, 0.2) is 7.41 Å². The SMILES string of the molecule is CC1=CN[P+](C)(c2ccccc2)C(C)=C1. The molecule has 0 aromatic heterocycles. The van der Waals surface area contributed by atoms with Crippen molar-refractivity contribution in [2.75, 3.05) is 6.66 Å². The molecule has 0 spiro atoms. The molecule has 2 rings (SSSR count). The number of allylic oxidation sites excluding steroid dienone is 3. The van der Waals surface area contributed by atoms with Gasteiger partial charge < -0.3 is 0 Å². The standard InChI is InChI=1S/C13H17NP/c1-11-9-12(2)15(3,14-10-11)13-7-5-4-6-8-13/h4-10,14H,1-3H3/q+1. The molecule has 0 saturated heterocycles. The summed E-state index contributed by atoms with van der Waals surface area (Å²) in [6, 6.07) is 10.7. The van der Waals surface area contributed by atoms with Crippen LogP contribution in [0.3, 0.4) is 0 Å². The quantitative estimate of drug-likeness (QED) is 0.713. The Labute approximate surface area is 92.3 Å². The molecule has 1 aromatic rings. The van der Waals surface area contributed by atoms with E-state index in [-0.39, 0.29) is 0 Å². The smallest absolute Gasteiger partial charge is 0.158 e. The molecule has 1 aromatic carbocycles. The first kappa shape index (κ1) is 10.4. The zero-order valence-electron chi connectivity index (χ0n) is 9.49. The molecule has 0 fully saturated rings. The second-order valence-corrected chi connectivity index (χ2v) is 7.64. The minimum Gasteiger partial charge on any atom is -0.259 e. The van der Waals surface area contributed by atoms with Crippen molar-refractivity contribution in [3.63, 3.8) is 0 Å². The summed E-state index contributed by atoms with van der Waals surface area (Å²) in [5.41, 5.74) is 1.31. The molecule has 1 heterocycles. The third-order valence-electron chi connectivity index (χ3n) is 2.96. The minimum atomic E-state index is -1.31. The Hall–Kier alpha value is -1.07. The Bertz CT molecular complexity index is 419. The largest absolute Gasteiger partial charge is 0.259 e. The number of benzene rings is 1. The van der Waals surface area contributed by atoms with Gasteiger partial charge >= 0.3 is 0 Å². The lowest BCUT2D eigenvalue weighted by Gasteiger charge is -2.26. The zero-order chi connectivity index (χ0) is 10.9. The molecule has 0 bridgehead atoms. The molecule has 1 aliphatic rings. The van der Waals surface area contributed by atoms with Gasteiger partial charge in [-0.3, -0.25) is 5.09 Å². The van der Waals surface area contributed by atoms with Gasteiger partial charge in [0.2, 0.25) is 0 Å². The fourth-order valence-corrected chi connectivity index (χ4v) is 4.29. The van der Waals surface area contributed by atoms with Crippen LogP contribution in [-0.4, -0.2) is 6.66 Å². The average molecular weight is 218 g/mol. The van der Waals surface area contributed by atoms with Crippen molar-refractivity contribution < 1.29 is 0 Å². The van der Waals surface area contributed by atoms with E-state index in [0.717, 1.165) is 0 Å². The second-order valence-electron chi connectivity index (χ2n) is 4.14. The van der Waals surface area contributed by atoms with E-state index in [1.54, 1.807) is 0 Å². The fourth-order valence-electron chi connectivity index (χ4n) is 1.84. The predicted molar refractivity (Wildman–Crippen MR) is 69.6 cm³/mol. The van der Waals surface area contributed by atoms with Crippen molar-refractivity contribution in [3.8, 4) is 0 Å². The first-order chi connectivity index (χ1) is 7.13. The van der Waals surface area contributed by atoms with Crippen molar-refractivity contribution in [3.05, 3.63) is 53.5 Å². The van der Waals surface area contributed by atoms with Crippen molar-refractivity contribution in [1.82, 2.24) is 5.09 Å². The van der Waals surface area contributed by atoms with E-state index in [0.29, 0.717) is 0 Å². The summed E-state index contributed by atoms with van der Waals surface area (Å²) in [4.78, 5) is 0. The van der Waals surface area contributed by atoms with Crippen molar-refractivity contribution in [2.24, 2.45) is 0 Å². The highest BCUT2D eigenvalue weighted by Gasteiger charge is 2.38. The maximum Gasteiger partial charge on any atom is 0.158 e. The first-order valence-corrected chi connectivity index (χ1v) is 7.42. The van der Waals surface area contributed by atoms with Gasteiger partial charge in [0.1, 0.15) is 5.30 Å². The van der Waals surface area contributed by atoms with E-state index in [2.05, 4.69) is 68.2 Å². The Balaban J connectivity index is 2.42. The van der Waals surface area contributed by atoms with Gasteiger partial charge in [-0.1, -0.05) is 18.2 Å². The maximum atomic E-state index is 3.59. The lowest BCUT2D eigenvalue weighted by molar-refractivity contribution is 1.25. The Kier molecular flexibility index (Phi) is 2.67. The molecule has 0 saturated carbocycles. The highest BCUT2D eigenvalue weighted by molar-refractivity contribution is 7.84. The van der Waals surface area contributed by atoms with Crippen molar-refractivity contribution in [2.45, 2.75) is 13.8 Å². The van der Waals surface area contributed by atoms with Gasteiger partial charge in [-0.15, -0.1) is 0 Å². The molecule has 2 heteroatoms. The average Bonchev–Trinajstić information content (AvgIpc) is 2.25. The van der Waals surface area contributed by atoms with Crippen LogP contribution < -0.4 is 10.4 Å². The summed E-state index contributed by atoms with van der Waals surface area (Å²) in [5, 5.41) is 6.48. The summed E-state index contributed by atoms with van der Waals surface area (Å²) in [6.07, 6.45) is 4.42. The molecule has 78 valence electrons. The van der Waals surface area contributed by atoms with Crippen LogP contribution >= 0.6 is 7.41 Å². The molecule has 0 aliphatic carbocycles. The van der Waals surface area contributed by atoms with E-state index in [9.17, 15) is 0 Å². The van der Waals surface area contributed by atoms with Crippen LogP contribution in [0.5, 0.6) is 0 Å². The van der Waals surface area contributed by atoms with Gasteiger partial charge in [-0.05, 0) is 37.6 Å². The lowest BCUT2D eigenvalue weighted by atomic mass is 10.3. The van der Waals surface area contributed by atoms with E-state index < -0.39 is 7.41 Å². The van der Waals surface area contributed by atoms with Crippen LogP contribution in [0.1, 0.15) is 13.8 Å². The van der Waals surface area contributed by atoms with E-state index >= 15 is 0 Å². The Morgan fingerprint density at radius 3 is 2.33 bits per heavy atom. The molecular weight excluding hydrogens is 201 g/mol. The van der Waals surface area contributed by atoms with Crippen LogP contribution in [0.4, 0.5) is 0 Å². The summed E-state index contributed by atoms with van der Waals surface area (Å²) >= 11 is 0. The fraction of sp³-hybridized carbons (Fsp3) is 0.231. The Morgan fingerprint density at radius 1 is 1.07 bits per heavy atom. The zero-order valence-corrected chi connectivity index (χ0v) is 10.4. The topological polar surface area (TPSA) is 12.0 Å². The summed E-state index contributed by atoms with van der Waals surface area (Å²) in [5.74, 6) is 0. The van der Waals surface area contributed by atoms with Crippen LogP contribution in [0.15, 0.2) is 53.5 Å². The van der Waals surface area contributed by atoms with Crippen LogP contribution in [0.25, 0.3) is 0 Å². The van der Waals surface area contributed by atoms with Gasteiger partial charge in [0, 0.05) is 6.20 Å². The minimum absolute atomic E-state index is 1.31. The number of rotatable bonds is 1. The van der Waals surface area contributed by atoms with Gasteiger partial charge in [-0.25, -0.2) is 0 Å². The third-order valence-corrected chi connectivity index (χ3v) is 6.48. The van der Waals surface area contributed by atoms with Crippen molar-refractivity contribution in [1.29, 1.82) is 0 Å². The van der Waals surface area contributed by atoms with Crippen LogP contribution in [-0.2, 0) is 0 Å². The molecule has 1 N–H and O–H groups in total. The van der Waals surface area contributed by atoms with E-state index in [4.69, 9.17) is 0 Å². The molecule has 1 unspecified atom stereocenters. The lowest BCUT2D eigenvalue weighted by Crippen LogP contribution is -2.23. The maximum absolute atomic E-state index is 3.59. The second kappa shape index (κ2) is 3.83. The van der Waals surface area contributed by atoms with Crippen molar-refractivity contribution >= 4 is 12.7 Å². The molecular formula is C13H17NP+. The van der Waals surface area contributed by atoms with Crippen LogP contribution in [0, 0.1) is 0 Å². The third kappa shape index (κ3) is 1.85. The number of hydrogen-bond acceptors (Lipinski definition) is 1.